The summed E-state index contributed by atoms with van der Waals surface area (Å²) in [7, 11) is 0. The number of alkyl halides is 3. The van der Waals surface area contributed by atoms with Crippen LogP contribution in [0.25, 0.3) is 0 Å². The zero-order chi connectivity index (χ0) is 17.8. The molecule has 0 aromatic heterocycles. The van der Waals surface area contributed by atoms with E-state index < -0.39 is 41.0 Å². The van der Waals surface area contributed by atoms with E-state index in [1.54, 1.807) is 0 Å². The van der Waals surface area contributed by atoms with Gasteiger partial charge in [0.1, 0.15) is 6.10 Å². The summed E-state index contributed by atoms with van der Waals surface area (Å²) in [6.07, 6.45) is -8.49. The van der Waals surface area contributed by atoms with Gasteiger partial charge in [-0.1, -0.05) is 6.07 Å². The average Bonchev–Trinajstić information content (AvgIpc) is 2.44. The quantitative estimate of drug-likeness (QED) is 0.627. The van der Waals surface area contributed by atoms with Gasteiger partial charge in [0.15, 0.2) is 0 Å². The Morgan fingerprint density at radius 2 is 1.87 bits per heavy atom. The zero-order valence-electron chi connectivity index (χ0n) is 12.1. The third-order valence-electron chi connectivity index (χ3n) is 3.10. The van der Waals surface area contributed by atoms with Crippen LogP contribution in [-0.4, -0.2) is 39.8 Å². The van der Waals surface area contributed by atoms with Gasteiger partial charge < -0.3 is 20.6 Å². The van der Waals surface area contributed by atoms with E-state index in [0.29, 0.717) is 6.07 Å². The molecule has 4 N–H and O–H groups in total. The molecule has 6 nitrogen and oxygen atoms in total. The van der Waals surface area contributed by atoms with Crippen molar-refractivity contribution in [1.82, 2.24) is 5.32 Å². The van der Waals surface area contributed by atoms with Crippen molar-refractivity contribution in [1.29, 1.82) is 0 Å². The maximum absolute atomic E-state index is 13.0. The first kappa shape index (κ1) is 18.9. The first-order valence-electron chi connectivity index (χ1n) is 6.59. The van der Waals surface area contributed by atoms with Gasteiger partial charge in [-0.05, 0) is 24.1 Å². The van der Waals surface area contributed by atoms with Gasteiger partial charge in [-0.3, -0.25) is 4.79 Å². The van der Waals surface area contributed by atoms with Gasteiger partial charge >= 0.3 is 12.1 Å². The van der Waals surface area contributed by atoms with E-state index >= 15 is 0 Å². The van der Waals surface area contributed by atoms with E-state index in [2.05, 4.69) is 5.32 Å². The van der Waals surface area contributed by atoms with Gasteiger partial charge in [0.25, 0.3) is 0 Å². The minimum Gasteiger partial charge on any atom is -0.478 e. The fourth-order valence-electron chi connectivity index (χ4n) is 1.95. The van der Waals surface area contributed by atoms with Crippen LogP contribution in [0, 0.1) is 0 Å². The van der Waals surface area contributed by atoms with Crippen molar-refractivity contribution in [3.8, 4) is 0 Å². The van der Waals surface area contributed by atoms with Crippen molar-refractivity contribution in [2.75, 3.05) is 6.54 Å². The Hall–Kier alpha value is -2.13. The molecule has 0 aliphatic rings. The standard InChI is InChI=1S/C14H16F3NO5/c1-7(19)18-5-4-11(20)12(21)9-3-2-8(13(22)23)6-10(9)14(15,16)17/h2-3,6,11-12,20-21H,4-5H2,1H3,(H,18,19)(H,22,23). The maximum Gasteiger partial charge on any atom is 0.416 e. The van der Waals surface area contributed by atoms with Crippen molar-refractivity contribution in [3.05, 3.63) is 34.9 Å². The SMILES string of the molecule is CC(=O)NCCC(O)C(O)c1ccc(C(=O)O)cc1C(F)(F)F. The van der Waals surface area contributed by atoms with E-state index in [0.717, 1.165) is 12.1 Å². The Morgan fingerprint density at radius 3 is 2.35 bits per heavy atom. The van der Waals surface area contributed by atoms with Crippen molar-refractivity contribution in [2.24, 2.45) is 0 Å². The van der Waals surface area contributed by atoms with Gasteiger partial charge in [0.2, 0.25) is 5.91 Å². The molecule has 1 rings (SSSR count). The Labute approximate surface area is 129 Å². The molecule has 0 heterocycles. The van der Waals surface area contributed by atoms with Gasteiger partial charge in [-0.25, -0.2) is 4.79 Å². The first-order valence-corrected chi connectivity index (χ1v) is 6.59. The highest BCUT2D eigenvalue weighted by Crippen LogP contribution is 2.36. The number of carbonyl (C=O) groups is 2. The molecule has 0 radical (unpaired) electrons. The van der Waals surface area contributed by atoms with Crippen molar-refractivity contribution < 1.29 is 38.1 Å². The van der Waals surface area contributed by atoms with E-state index in [4.69, 9.17) is 5.11 Å². The fourth-order valence-corrected chi connectivity index (χ4v) is 1.95. The van der Waals surface area contributed by atoms with Gasteiger partial charge in [-0.2, -0.15) is 13.2 Å². The second kappa shape index (κ2) is 7.42. The summed E-state index contributed by atoms with van der Waals surface area (Å²) in [5.74, 6) is -1.92. The van der Waals surface area contributed by atoms with E-state index in [1.807, 2.05) is 0 Å². The molecule has 0 saturated heterocycles. The van der Waals surface area contributed by atoms with Crippen LogP contribution in [0.1, 0.15) is 40.9 Å². The van der Waals surface area contributed by atoms with Crippen molar-refractivity contribution in [3.63, 3.8) is 0 Å². The van der Waals surface area contributed by atoms with Crippen molar-refractivity contribution in [2.45, 2.75) is 31.7 Å². The zero-order valence-corrected chi connectivity index (χ0v) is 12.1. The molecule has 2 unspecified atom stereocenters. The Bertz CT molecular complexity index is 588. The largest absolute Gasteiger partial charge is 0.478 e. The maximum atomic E-state index is 13.0. The number of hydrogen-bond donors (Lipinski definition) is 4. The molecule has 1 aromatic carbocycles. The molecule has 1 aromatic rings. The molecule has 0 bridgehead atoms. The number of aliphatic hydroxyl groups is 2. The number of halogens is 3. The minimum absolute atomic E-state index is 0.0257. The van der Waals surface area contributed by atoms with Gasteiger partial charge in [-0.15, -0.1) is 0 Å². The molecule has 0 saturated carbocycles. The summed E-state index contributed by atoms with van der Waals surface area (Å²) in [5.41, 5.74) is -2.54. The lowest BCUT2D eigenvalue weighted by Crippen LogP contribution is -2.28. The van der Waals surface area contributed by atoms with Crippen molar-refractivity contribution >= 4 is 11.9 Å². The summed E-state index contributed by atoms with van der Waals surface area (Å²) in [6, 6.07) is 2.14. The number of carbonyl (C=O) groups excluding carboxylic acids is 1. The number of carboxylic acids is 1. The van der Waals surface area contributed by atoms with Crippen LogP contribution in [0.4, 0.5) is 13.2 Å². The molecule has 2 atom stereocenters. The number of hydrogen-bond acceptors (Lipinski definition) is 4. The highest BCUT2D eigenvalue weighted by molar-refractivity contribution is 5.88. The molecule has 23 heavy (non-hydrogen) atoms. The van der Waals surface area contributed by atoms with Crippen LogP contribution in [0.15, 0.2) is 18.2 Å². The van der Waals surface area contributed by atoms with Crippen LogP contribution in [-0.2, 0) is 11.0 Å². The molecule has 0 aliphatic heterocycles. The van der Waals surface area contributed by atoms with Crippen LogP contribution in [0.2, 0.25) is 0 Å². The lowest BCUT2D eigenvalue weighted by atomic mass is 9.95. The second-order valence-electron chi connectivity index (χ2n) is 4.89. The third kappa shape index (κ3) is 5.22. The Morgan fingerprint density at radius 1 is 1.26 bits per heavy atom. The summed E-state index contributed by atoms with van der Waals surface area (Å²) in [6.45, 7) is 1.21. The monoisotopic (exact) mass is 335 g/mol. The average molecular weight is 335 g/mol. The number of carboxylic acid groups (broad SMARTS) is 1. The Balaban J connectivity index is 3.05. The second-order valence-corrected chi connectivity index (χ2v) is 4.89. The lowest BCUT2D eigenvalue weighted by Gasteiger charge is -2.22. The summed E-state index contributed by atoms with van der Waals surface area (Å²) in [4.78, 5) is 21.5. The van der Waals surface area contributed by atoms with Crippen LogP contribution in [0.5, 0.6) is 0 Å². The summed E-state index contributed by atoms with van der Waals surface area (Å²) >= 11 is 0. The summed E-state index contributed by atoms with van der Waals surface area (Å²) < 4.78 is 39.1. The van der Waals surface area contributed by atoms with E-state index in [1.165, 1.54) is 6.92 Å². The fraction of sp³-hybridized carbons (Fsp3) is 0.429. The highest BCUT2D eigenvalue weighted by atomic mass is 19.4. The molecular formula is C14H16F3NO5. The predicted molar refractivity (Wildman–Crippen MR) is 72.7 cm³/mol. The molecule has 0 spiro atoms. The molecule has 9 heteroatoms. The highest BCUT2D eigenvalue weighted by Gasteiger charge is 2.37. The number of benzene rings is 1. The number of amides is 1. The smallest absolute Gasteiger partial charge is 0.416 e. The number of aliphatic hydroxyl groups excluding tert-OH is 2. The van der Waals surface area contributed by atoms with Crippen LogP contribution >= 0.6 is 0 Å². The number of rotatable bonds is 6. The Kier molecular flexibility index (Phi) is 6.11. The van der Waals surface area contributed by atoms with E-state index in [-0.39, 0.29) is 18.9 Å². The van der Waals surface area contributed by atoms with Gasteiger partial charge in [0.05, 0.1) is 17.2 Å². The normalized spacial score (nSPS) is 14.2. The molecular weight excluding hydrogens is 319 g/mol. The molecule has 0 aliphatic carbocycles. The van der Waals surface area contributed by atoms with Crippen LogP contribution in [0.3, 0.4) is 0 Å². The topological polar surface area (TPSA) is 107 Å². The molecule has 128 valence electrons. The van der Waals surface area contributed by atoms with Gasteiger partial charge in [0, 0.05) is 13.5 Å². The lowest BCUT2D eigenvalue weighted by molar-refractivity contribution is -0.140. The number of aromatic carboxylic acids is 1. The molecule has 1 amide bonds. The van der Waals surface area contributed by atoms with Crippen LogP contribution < -0.4 is 5.32 Å². The third-order valence-corrected chi connectivity index (χ3v) is 3.10. The molecule has 0 fully saturated rings. The van der Waals surface area contributed by atoms with E-state index in [9.17, 15) is 33.0 Å². The predicted octanol–water partition coefficient (Wildman–Crippen LogP) is 1.32. The first-order chi connectivity index (χ1) is 10.5. The number of nitrogens with one attached hydrogen (secondary N) is 1. The minimum atomic E-state index is -4.89. The summed E-state index contributed by atoms with van der Waals surface area (Å²) in [5, 5.41) is 30.8.